The van der Waals surface area contributed by atoms with E-state index >= 15 is 0 Å². The number of carbonyl (C=O) groups excluding carboxylic acids is 1. The maximum absolute atomic E-state index is 12.3. The van der Waals surface area contributed by atoms with Gasteiger partial charge in [0.1, 0.15) is 0 Å². The number of rotatable bonds is 7. The van der Waals surface area contributed by atoms with Gasteiger partial charge >= 0.3 is 0 Å². The van der Waals surface area contributed by atoms with Crippen molar-refractivity contribution in [2.24, 2.45) is 5.41 Å². The molecule has 1 aromatic rings. The van der Waals surface area contributed by atoms with Crippen LogP contribution in [0.2, 0.25) is 0 Å². The highest BCUT2D eigenvalue weighted by molar-refractivity contribution is 6.17. The van der Waals surface area contributed by atoms with Crippen LogP contribution in [0.5, 0.6) is 0 Å². The Kier molecular flexibility index (Phi) is 4.87. The first kappa shape index (κ1) is 14.4. The van der Waals surface area contributed by atoms with Gasteiger partial charge in [0.05, 0.1) is 5.92 Å². The summed E-state index contributed by atoms with van der Waals surface area (Å²) in [6, 6.07) is 10.0. The minimum absolute atomic E-state index is 0.0343. The van der Waals surface area contributed by atoms with Gasteiger partial charge in [-0.3, -0.25) is 4.79 Å². The van der Waals surface area contributed by atoms with Crippen LogP contribution in [0.25, 0.3) is 0 Å². The SMILES string of the molecule is CCC(C(=O)NCC1(CCCl)CC1)c1ccccc1. The lowest BCUT2D eigenvalue weighted by molar-refractivity contribution is -0.122. The second-order valence-electron chi connectivity index (χ2n) is 5.53. The monoisotopic (exact) mass is 279 g/mol. The maximum Gasteiger partial charge on any atom is 0.227 e. The number of alkyl halides is 1. The Morgan fingerprint density at radius 1 is 1.37 bits per heavy atom. The summed E-state index contributed by atoms with van der Waals surface area (Å²) in [5.74, 6) is 0.800. The fourth-order valence-electron chi connectivity index (χ4n) is 2.55. The largest absolute Gasteiger partial charge is 0.355 e. The van der Waals surface area contributed by atoms with E-state index < -0.39 is 0 Å². The Morgan fingerprint density at radius 3 is 2.58 bits per heavy atom. The zero-order valence-electron chi connectivity index (χ0n) is 11.5. The Hall–Kier alpha value is -1.02. The van der Waals surface area contributed by atoms with Crippen molar-refractivity contribution in [2.75, 3.05) is 12.4 Å². The molecule has 1 aliphatic carbocycles. The molecule has 1 aromatic carbocycles. The summed E-state index contributed by atoms with van der Waals surface area (Å²) >= 11 is 5.81. The molecule has 1 aliphatic rings. The Labute approximate surface area is 120 Å². The average molecular weight is 280 g/mol. The van der Waals surface area contributed by atoms with Crippen molar-refractivity contribution in [3.8, 4) is 0 Å². The van der Waals surface area contributed by atoms with Crippen LogP contribution in [0.15, 0.2) is 30.3 Å². The van der Waals surface area contributed by atoms with E-state index in [1.165, 1.54) is 12.8 Å². The third-order valence-electron chi connectivity index (χ3n) is 4.15. The third-order valence-corrected chi connectivity index (χ3v) is 4.34. The van der Waals surface area contributed by atoms with Crippen LogP contribution < -0.4 is 5.32 Å². The average Bonchev–Trinajstić information content (AvgIpc) is 3.19. The van der Waals surface area contributed by atoms with E-state index in [2.05, 4.69) is 12.2 Å². The smallest absolute Gasteiger partial charge is 0.227 e. The Morgan fingerprint density at radius 2 is 2.05 bits per heavy atom. The lowest BCUT2D eigenvalue weighted by Gasteiger charge is -2.19. The van der Waals surface area contributed by atoms with Gasteiger partial charge in [-0.2, -0.15) is 0 Å². The number of nitrogens with one attached hydrogen (secondary N) is 1. The second kappa shape index (κ2) is 6.42. The van der Waals surface area contributed by atoms with Gasteiger partial charge < -0.3 is 5.32 Å². The molecule has 3 heteroatoms. The number of carbonyl (C=O) groups is 1. The van der Waals surface area contributed by atoms with E-state index in [0.717, 1.165) is 24.9 Å². The van der Waals surface area contributed by atoms with E-state index in [1.54, 1.807) is 0 Å². The van der Waals surface area contributed by atoms with Crippen molar-refractivity contribution in [3.63, 3.8) is 0 Å². The number of halogens is 1. The van der Waals surface area contributed by atoms with E-state index in [0.29, 0.717) is 11.3 Å². The number of hydrogen-bond donors (Lipinski definition) is 1. The number of benzene rings is 1. The lowest BCUT2D eigenvalue weighted by Crippen LogP contribution is -2.34. The molecule has 1 fully saturated rings. The minimum atomic E-state index is -0.0343. The summed E-state index contributed by atoms with van der Waals surface area (Å²) in [5.41, 5.74) is 1.40. The van der Waals surface area contributed by atoms with E-state index in [4.69, 9.17) is 11.6 Å². The minimum Gasteiger partial charge on any atom is -0.355 e. The van der Waals surface area contributed by atoms with Crippen LogP contribution in [-0.4, -0.2) is 18.3 Å². The van der Waals surface area contributed by atoms with Gasteiger partial charge in [-0.15, -0.1) is 11.6 Å². The fraction of sp³-hybridized carbons (Fsp3) is 0.562. The maximum atomic E-state index is 12.3. The lowest BCUT2D eigenvalue weighted by atomic mass is 9.95. The van der Waals surface area contributed by atoms with Gasteiger partial charge in [-0.25, -0.2) is 0 Å². The summed E-state index contributed by atoms with van der Waals surface area (Å²) in [4.78, 5) is 12.3. The molecule has 1 saturated carbocycles. The van der Waals surface area contributed by atoms with Crippen molar-refractivity contribution in [1.82, 2.24) is 5.32 Å². The van der Waals surface area contributed by atoms with Crippen LogP contribution in [0.3, 0.4) is 0 Å². The van der Waals surface area contributed by atoms with E-state index in [1.807, 2.05) is 30.3 Å². The van der Waals surface area contributed by atoms with Crippen LogP contribution in [-0.2, 0) is 4.79 Å². The van der Waals surface area contributed by atoms with Crippen molar-refractivity contribution < 1.29 is 4.79 Å². The van der Waals surface area contributed by atoms with Crippen molar-refractivity contribution in [1.29, 1.82) is 0 Å². The highest BCUT2D eigenvalue weighted by Crippen LogP contribution is 2.48. The molecular weight excluding hydrogens is 258 g/mol. The van der Waals surface area contributed by atoms with Gasteiger partial charge in [-0.05, 0) is 36.7 Å². The highest BCUT2D eigenvalue weighted by atomic mass is 35.5. The summed E-state index contributed by atoms with van der Waals surface area (Å²) < 4.78 is 0. The van der Waals surface area contributed by atoms with Crippen molar-refractivity contribution >= 4 is 17.5 Å². The zero-order valence-corrected chi connectivity index (χ0v) is 12.2. The summed E-state index contributed by atoms with van der Waals surface area (Å²) in [7, 11) is 0. The van der Waals surface area contributed by atoms with Gasteiger partial charge in [0.25, 0.3) is 0 Å². The molecule has 0 bridgehead atoms. The molecule has 0 aliphatic heterocycles. The molecule has 1 amide bonds. The zero-order chi connectivity index (χ0) is 13.7. The first-order valence-corrected chi connectivity index (χ1v) is 7.63. The van der Waals surface area contributed by atoms with Crippen molar-refractivity contribution in [2.45, 2.75) is 38.5 Å². The topological polar surface area (TPSA) is 29.1 Å². The van der Waals surface area contributed by atoms with Crippen LogP contribution >= 0.6 is 11.6 Å². The Balaban J connectivity index is 1.91. The summed E-state index contributed by atoms with van der Waals surface area (Å²) in [6.07, 6.45) is 4.24. The first-order chi connectivity index (χ1) is 9.21. The number of amides is 1. The van der Waals surface area contributed by atoms with Gasteiger partial charge in [0.15, 0.2) is 0 Å². The molecule has 19 heavy (non-hydrogen) atoms. The molecule has 0 saturated heterocycles. The molecular formula is C16H22ClNO. The number of hydrogen-bond acceptors (Lipinski definition) is 1. The predicted octanol–water partition coefficient (Wildman–Crippen LogP) is 3.71. The molecule has 104 valence electrons. The third kappa shape index (κ3) is 3.73. The molecule has 1 atom stereocenters. The molecule has 0 radical (unpaired) electrons. The standard InChI is InChI=1S/C16H22ClNO/c1-2-14(13-6-4-3-5-7-13)15(19)18-12-16(8-9-16)10-11-17/h3-7,14H,2,8-12H2,1H3,(H,18,19). The first-order valence-electron chi connectivity index (χ1n) is 7.09. The normalized spacial score (nSPS) is 17.8. The quantitative estimate of drug-likeness (QED) is 0.758. The van der Waals surface area contributed by atoms with Gasteiger partial charge in [-0.1, -0.05) is 37.3 Å². The molecule has 0 aromatic heterocycles. The van der Waals surface area contributed by atoms with Gasteiger partial charge in [0.2, 0.25) is 5.91 Å². The molecule has 0 heterocycles. The van der Waals surface area contributed by atoms with Crippen molar-refractivity contribution in [3.05, 3.63) is 35.9 Å². The molecule has 1 unspecified atom stereocenters. The predicted molar refractivity (Wildman–Crippen MR) is 79.5 cm³/mol. The summed E-state index contributed by atoms with van der Waals surface area (Å²) in [6.45, 7) is 2.84. The Bertz CT molecular complexity index is 414. The highest BCUT2D eigenvalue weighted by Gasteiger charge is 2.42. The summed E-state index contributed by atoms with van der Waals surface area (Å²) in [5, 5.41) is 3.12. The van der Waals surface area contributed by atoms with Crippen LogP contribution in [0.1, 0.15) is 44.1 Å². The molecule has 1 N–H and O–H groups in total. The van der Waals surface area contributed by atoms with E-state index in [-0.39, 0.29) is 11.8 Å². The van der Waals surface area contributed by atoms with E-state index in [9.17, 15) is 4.79 Å². The fourth-order valence-corrected chi connectivity index (χ4v) is 2.95. The molecule has 2 rings (SSSR count). The van der Waals surface area contributed by atoms with Crippen LogP contribution in [0, 0.1) is 5.41 Å². The molecule has 0 spiro atoms. The molecule has 2 nitrogen and oxygen atoms in total. The van der Waals surface area contributed by atoms with Gasteiger partial charge in [0, 0.05) is 12.4 Å². The van der Waals surface area contributed by atoms with Crippen LogP contribution in [0.4, 0.5) is 0 Å². The second-order valence-corrected chi connectivity index (χ2v) is 5.91.